The first-order valence-corrected chi connectivity index (χ1v) is 10.1. The van der Waals surface area contributed by atoms with Crippen LogP contribution in [0.2, 0.25) is 0 Å². The maximum absolute atomic E-state index is 13.6. The summed E-state index contributed by atoms with van der Waals surface area (Å²) < 4.78 is 45.8. The lowest BCUT2D eigenvalue weighted by atomic mass is 9.97. The maximum atomic E-state index is 13.6. The summed E-state index contributed by atoms with van der Waals surface area (Å²) >= 11 is 0. The Bertz CT molecular complexity index is 1030. The fraction of sp³-hybridized carbons (Fsp3) is 0.304. The monoisotopic (exact) mass is 428 g/mol. The third kappa shape index (κ3) is 5.07. The van der Waals surface area contributed by atoms with Gasteiger partial charge in [-0.25, -0.2) is 4.98 Å². The topological polar surface area (TPSA) is 59.1 Å². The molecule has 3 aromatic rings. The minimum Gasteiger partial charge on any atom is -0.497 e. The van der Waals surface area contributed by atoms with Gasteiger partial charge in [0.15, 0.2) is 0 Å². The Morgan fingerprint density at radius 1 is 0.968 bits per heavy atom. The molecule has 1 fully saturated rings. The molecule has 1 aliphatic carbocycles. The second-order valence-corrected chi connectivity index (χ2v) is 7.54. The lowest BCUT2D eigenvalue weighted by Crippen LogP contribution is -2.12. The van der Waals surface area contributed by atoms with Crippen molar-refractivity contribution in [3.8, 4) is 5.75 Å². The smallest absolute Gasteiger partial charge is 0.421 e. The van der Waals surface area contributed by atoms with Gasteiger partial charge in [0.1, 0.15) is 17.1 Å². The Morgan fingerprint density at radius 3 is 2.39 bits per heavy atom. The Balaban J connectivity index is 1.61. The third-order valence-electron chi connectivity index (χ3n) is 5.42. The molecule has 5 nitrogen and oxygen atoms in total. The largest absolute Gasteiger partial charge is 0.497 e. The number of aromatic nitrogens is 2. The van der Waals surface area contributed by atoms with Crippen molar-refractivity contribution >= 4 is 23.1 Å². The van der Waals surface area contributed by atoms with Crippen molar-refractivity contribution in [3.05, 3.63) is 65.9 Å². The minimum absolute atomic E-state index is 0.0626. The van der Waals surface area contributed by atoms with Crippen LogP contribution in [0, 0.1) is 0 Å². The zero-order valence-corrected chi connectivity index (χ0v) is 17.0. The van der Waals surface area contributed by atoms with E-state index in [2.05, 4.69) is 20.6 Å². The van der Waals surface area contributed by atoms with Crippen LogP contribution in [-0.2, 0) is 6.18 Å². The zero-order valence-electron chi connectivity index (χ0n) is 17.0. The van der Waals surface area contributed by atoms with Gasteiger partial charge in [-0.05, 0) is 60.7 Å². The number of hydrogen-bond donors (Lipinski definition) is 2. The lowest BCUT2D eigenvalue weighted by Gasteiger charge is -2.16. The first kappa shape index (κ1) is 21.0. The number of rotatable bonds is 6. The van der Waals surface area contributed by atoms with Gasteiger partial charge in [-0.3, -0.25) is 0 Å². The predicted molar refractivity (Wildman–Crippen MR) is 114 cm³/mol. The minimum atomic E-state index is -4.58. The molecule has 1 aliphatic rings. The van der Waals surface area contributed by atoms with Gasteiger partial charge < -0.3 is 15.4 Å². The van der Waals surface area contributed by atoms with Crippen molar-refractivity contribution in [2.24, 2.45) is 0 Å². The van der Waals surface area contributed by atoms with E-state index in [1.807, 2.05) is 18.2 Å². The average Bonchev–Trinajstić information content (AvgIpc) is 3.29. The second-order valence-electron chi connectivity index (χ2n) is 7.54. The molecule has 1 aromatic heterocycles. The van der Waals surface area contributed by atoms with Gasteiger partial charge in [0.25, 0.3) is 0 Å². The van der Waals surface area contributed by atoms with Crippen molar-refractivity contribution in [2.75, 3.05) is 17.7 Å². The number of alkyl halides is 3. The normalized spacial score (nSPS) is 14.5. The Hall–Kier alpha value is -3.29. The van der Waals surface area contributed by atoms with Crippen LogP contribution in [0.1, 0.15) is 42.7 Å². The highest BCUT2D eigenvalue weighted by Gasteiger charge is 2.35. The number of methoxy groups -OCH3 is 1. The number of nitrogens with zero attached hydrogens (tertiary/aromatic N) is 2. The Labute approximate surface area is 178 Å². The van der Waals surface area contributed by atoms with Gasteiger partial charge in [-0.2, -0.15) is 18.2 Å². The quantitative estimate of drug-likeness (QED) is 0.460. The van der Waals surface area contributed by atoms with E-state index in [0.717, 1.165) is 24.6 Å². The van der Waals surface area contributed by atoms with Crippen LogP contribution in [-0.4, -0.2) is 17.1 Å². The molecule has 2 aromatic carbocycles. The van der Waals surface area contributed by atoms with E-state index in [1.165, 1.54) is 12.8 Å². The molecule has 2 N–H and O–H groups in total. The number of nitrogens with one attached hydrogen (secondary N) is 2. The fourth-order valence-corrected chi connectivity index (χ4v) is 3.81. The van der Waals surface area contributed by atoms with E-state index in [9.17, 15) is 13.2 Å². The zero-order chi connectivity index (χ0) is 21.8. The number of hydrogen-bond acceptors (Lipinski definition) is 5. The molecule has 8 heteroatoms. The number of ether oxygens (including phenoxy) is 1. The second kappa shape index (κ2) is 8.83. The van der Waals surface area contributed by atoms with Crippen molar-refractivity contribution in [3.63, 3.8) is 0 Å². The number of anilines is 4. The van der Waals surface area contributed by atoms with Crippen LogP contribution in [0.3, 0.4) is 0 Å². The first-order valence-electron chi connectivity index (χ1n) is 10.1. The first-order chi connectivity index (χ1) is 14.9. The molecule has 0 spiro atoms. The SMILES string of the molecule is COc1ccc(Nc2ncc(C(F)(F)F)c(Nc3cccc(C4CCCC4)c3)n2)cc1. The maximum Gasteiger partial charge on any atom is 0.421 e. The van der Waals surface area contributed by atoms with Gasteiger partial charge in [0.05, 0.1) is 7.11 Å². The van der Waals surface area contributed by atoms with Crippen molar-refractivity contribution < 1.29 is 17.9 Å². The third-order valence-corrected chi connectivity index (χ3v) is 5.42. The summed E-state index contributed by atoms with van der Waals surface area (Å²) in [7, 11) is 1.56. The molecular weight excluding hydrogens is 405 g/mol. The summed E-state index contributed by atoms with van der Waals surface area (Å²) in [6.07, 6.45) is 0.813. The molecule has 0 aliphatic heterocycles. The van der Waals surface area contributed by atoms with Crippen molar-refractivity contribution in [1.29, 1.82) is 0 Å². The molecule has 0 radical (unpaired) electrons. The van der Waals surface area contributed by atoms with E-state index in [0.29, 0.717) is 23.0 Å². The van der Waals surface area contributed by atoms with Gasteiger partial charge in [-0.1, -0.05) is 25.0 Å². The summed E-state index contributed by atoms with van der Waals surface area (Å²) in [4.78, 5) is 7.97. The summed E-state index contributed by atoms with van der Waals surface area (Å²) in [5.41, 5.74) is 1.43. The van der Waals surface area contributed by atoms with Crippen LogP contribution in [0.15, 0.2) is 54.7 Å². The van der Waals surface area contributed by atoms with Crippen molar-refractivity contribution in [2.45, 2.75) is 37.8 Å². The van der Waals surface area contributed by atoms with Gasteiger partial charge >= 0.3 is 6.18 Å². The number of benzene rings is 2. The average molecular weight is 428 g/mol. The number of halogens is 3. The molecular formula is C23H23F3N4O. The standard InChI is InChI=1S/C23H23F3N4O/c1-31-19-11-9-17(10-12-19)29-22-27-14-20(23(24,25)26)21(30-22)28-18-8-4-7-16(13-18)15-5-2-3-6-15/h4,7-15H,2-3,5-6H2,1H3,(H2,27,28,29,30). The fourth-order valence-electron chi connectivity index (χ4n) is 3.81. The molecule has 0 unspecified atom stereocenters. The molecule has 31 heavy (non-hydrogen) atoms. The predicted octanol–water partition coefficient (Wildman–Crippen LogP) is 6.65. The molecule has 162 valence electrons. The van der Waals surface area contributed by atoms with Gasteiger partial charge in [0, 0.05) is 17.6 Å². The highest BCUT2D eigenvalue weighted by Crippen LogP contribution is 2.37. The Kier molecular flexibility index (Phi) is 5.97. The van der Waals surface area contributed by atoms with Gasteiger partial charge in [-0.15, -0.1) is 0 Å². The van der Waals surface area contributed by atoms with E-state index in [1.54, 1.807) is 37.4 Å². The molecule has 0 bridgehead atoms. The van der Waals surface area contributed by atoms with E-state index >= 15 is 0 Å². The van der Waals surface area contributed by atoms with E-state index in [-0.39, 0.29) is 11.8 Å². The molecule has 1 saturated carbocycles. The summed E-state index contributed by atoms with van der Waals surface area (Å²) in [6, 6.07) is 14.5. The summed E-state index contributed by atoms with van der Waals surface area (Å²) in [5.74, 6) is 0.902. The van der Waals surface area contributed by atoms with Crippen LogP contribution in [0.5, 0.6) is 5.75 Å². The van der Waals surface area contributed by atoms with E-state index in [4.69, 9.17) is 4.74 Å². The summed E-state index contributed by atoms with van der Waals surface area (Å²) in [5, 5.41) is 5.79. The Morgan fingerprint density at radius 2 is 1.71 bits per heavy atom. The van der Waals surface area contributed by atoms with Crippen LogP contribution < -0.4 is 15.4 Å². The highest BCUT2D eigenvalue weighted by molar-refractivity contribution is 5.63. The van der Waals surface area contributed by atoms with Gasteiger partial charge in [0.2, 0.25) is 5.95 Å². The van der Waals surface area contributed by atoms with Crippen LogP contribution >= 0.6 is 0 Å². The van der Waals surface area contributed by atoms with Crippen LogP contribution in [0.4, 0.5) is 36.3 Å². The van der Waals surface area contributed by atoms with Crippen molar-refractivity contribution in [1.82, 2.24) is 9.97 Å². The molecule has 1 heterocycles. The van der Waals surface area contributed by atoms with Crippen LogP contribution in [0.25, 0.3) is 0 Å². The van der Waals surface area contributed by atoms with E-state index < -0.39 is 11.7 Å². The molecule has 0 atom stereocenters. The summed E-state index contributed by atoms with van der Waals surface area (Å²) in [6.45, 7) is 0. The molecule has 4 rings (SSSR count). The molecule has 0 amide bonds. The molecule has 0 saturated heterocycles. The highest BCUT2D eigenvalue weighted by atomic mass is 19.4. The lowest BCUT2D eigenvalue weighted by molar-refractivity contribution is -0.137.